The Balaban J connectivity index is 1.32. The first-order chi connectivity index (χ1) is 18.6. The maximum absolute atomic E-state index is 13.4. The number of nitrogens with one attached hydrogen (secondary N) is 2. The molecule has 1 aromatic heterocycles. The van der Waals surface area contributed by atoms with Crippen LogP contribution >= 0.6 is 0 Å². The van der Waals surface area contributed by atoms with Gasteiger partial charge in [-0.3, -0.25) is 4.79 Å². The number of hydrogen-bond donors (Lipinski definition) is 2. The highest BCUT2D eigenvalue weighted by atomic mass is 32.2. The molecule has 1 aliphatic heterocycles. The summed E-state index contributed by atoms with van der Waals surface area (Å²) in [5, 5.41) is 15.2. The van der Waals surface area contributed by atoms with Crippen LogP contribution in [0.3, 0.4) is 0 Å². The van der Waals surface area contributed by atoms with Crippen LogP contribution in [0.25, 0.3) is 0 Å². The Kier molecular flexibility index (Phi) is 7.89. The first kappa shape index (κ1) is 27.5. The molecule has 9 nitrogen and oxygen atoms in total. The summed E-state index contributed by atoms with van der Waals surface area (Å²) in [6, 6.07) is 14.1. The summed E-state index contributed by atoms with van der Waals surface area (Å²) in [6.45, 7) is 8.97. The van der Waals surface area contributed by atoms with Gasteiger partial charge in [-0.1, -0.05) is 62.4 Å². The molecule has 3 aromatic rings. The molecule has 5 rings (SSSR count). The van der Waals surface area contributed by atoms with Crippen molar-refractivity contribution in [2.24, 2.45) is 5.41 Å². The Labute approximate surface area is 231 Å². The number of hydrogen-bond acceptors (Lipinski definition) is 6. The molecule has 0 radical (unpaired) electrons. The van der Waals surface area contributed by atoms with Gasteiger partial charge < -0.3 is 10.6 Å². The molecule has 10 heteroatoms. The summed E-state index contributed by atoms with van der Waals surface area (Å²) in [4.78, 5) is 13.0. The molecule has 2 heterocycles. The summed E-state index contributed by atoms with van der Waals surface area (Å²) in [6.07, 6.45) is 5.08. The Morgan fingerprint density at radius 3 is 2.69 bits per heavy atom. The van der Waals surface area contributed by atoms with Crippen LogP contribution in [0, 0.1) is 5.41 Å². The second kappa shape index (κ2) is 11.2. The fraction of sp³-hybridized carbons (Fsp3) is 0.483. The van der Waals surface area contributed by atoms with E-state index >= 15 is 0 Å². The van der Waals surface area contributed by atoms with Crippen molar-refractivity contribution in [3.8, 4) is 0 Å². The standard InChI is InChI=1S/C29H38N6O3S/c1-29(2,3)20-30-18-21-12-13-25-22(16-21)8-7-11-26(25)34-19-23(32-33-34)17-27-28(36)31-14-15-35(27)39(37,38)24-9-5-4-6-10-24/h4-6,9-10,12-13,16,19,26-27,30H,7-8,11,14-15,17-18,20H2,1-3H3,(H,31,36)/t26-,27+/m0/s1. The van der Waals surface area contributed by atoms with Crippen molar-refractivity contribution < 1.29 is 13.2 Å². The SMILES string of the molecule is CC(C)(C)CNCc1ccc2c(c1)CCC[C@@H]2n1cc(C[C@@H]2C(=O)NCCN2S(=O)(=O)c2ccccc2)nn1. The third kappa shape index (κ3) is 6.23. The predicted molar refractivity (Wildman–Crippen MR) is 150 cm³/mol. The van der Waals surface area contributed by atoms with Gasteiger partial charge in [0, 0.05) is 38.8 Å². The third-order valence-electron chi connectivity index (χ3n) is 7.39. The third-order valence-corrected chi connectivity index (χ3v) is 9.31. The van der Waals surface area contributed by atoms with Crippen LogP contribution in [-0.2, 0) is 34.2 Å². The normalized spacial score (nSPS) is 20.4. The highest BCUT2D eigenvalue weighted by Crippen LogP contribution is 2.33. The molecule has 1 aliphatic carbocycles. The molecule has 2 aromatic carbocycles. The zero-order valence-corrected chi connectivity index (χ0v) is 23.7. The van der Waals surface area contributed by atoms with E-state index in [4.69, 9.17) is 0 Å². The van der Waals surface area contributed by atoms with Gasteiger partial charge in [-0.25, -0.2) is 13.1 Å². The minimum Gasteiger partial charge on any atom is -0.353 e. The van der Waals surface area contributed by atoms with Gasteiger partial charge in [-0.05, 0) is 53.5 Å². The summed E-state index contributed by atoms with van der Waals surface area (Å²) in [5.74, 6) is -0.314. The van der Waals surface area contributed by atoms with Crippen molar-refractivity contribution in [2.45, 2.75) is 70.0 Å². The quantitative estimate of drug-likeness (QED) is 0.446. The molecule has 39 heavy (non-hydrogen) atoms. The Morgan fingerprint density at radius 1 is 1.13 bits per heavy atom. The molecule has 1 amide bonds. The number of rotatable bonds is 8. The highest BCUT2D eigenvalue weighted by Gasteiger charge is 2.39. The van der Waals surface area contributed by atoms with Crippen molar-refractivity contribution in [3.63, 3.8) is 0 Å². The molecule has 2 atom stereocenters. The summed E-state index contributed by atoms with van der Waals surface area (Å²) in [5.41, 5.74) is 4.71. The second-order valence-corrected chi connectivity index (χ2v) is 13.6. The van der Waals surface area contributed by atoms with E-state index in [1.807, 2.05) is 10.9 Å². The molecule has 208 valence electrons. The Hall–Kier alpha value is -3.08. The van der Waals surface area contributed by atoms with Crippen LogP contribution in [0.15, 0.2) is 59.6 Å². The predicted octanol–water partition coefficient (Wildman–Crippen LogP) is 3.07. The second-order valence-electron chi connectivity index (χ2n) is 11.7. The van der Waals surface area contributed by atoms with Crippen LogP contribution < -0.4 is 10.6 Å². The number of amides is 1. The fourth-order valence-corrected chi connectivity index (χ4v) is 7.08. The molecule has 2 aliphatic rings. The van der Waals surface area contributed by atoms with Gasteiger partial charge in [0.25, 0.3) is 0 Å². The van der Waals surface area contributed by atoms with Crippen molar-refractivity contribution in [2.75, 3.05) is 19.6 Å². The number of aryl methyl sites for hydroxylation is 1. The van der Waals surface area contributed by atoms with Crippen LogP contribution in [0.5, 0.6) is 0 Å². The van der Waals surface area contributed by atoms with Crippen LogP contribution in [0.1, 0.15) is 62.0 Å². The van der Waals surface area contributed by atoms with Gasteiger partial charge >= 0.3 is 0 Å². The number of carbonyl (C=O) groups is 1. The molecule has 0 bridgehead atoms. The lowest BCUT2D eigenvalue weighted by atomic mass is 9.86. The van der Waals surface area contributed by atoms with Gasteiger partial charge in [0.2, 0.25) is 15.9 Å². The maximum atomic E-state index is 13.4. The van der Waals surface area contributed by atoms with Gasteiger partial charge in [-0.2, -0.15) is 4.31 Å². The number of piperazine rings is 1. The topological polar surface area (TPSA) is 109 Å². The molecule has 0 unspecified atom stereocenters. The van der Waals surface area contributed by atoms with E-state index in [1.54, 1.807) is 30.3 Å². The zero-order chi connectivity index (χ0) is 27.6. The Morgan fingerprint density at radius 2 is 1.92 bits per heavy atom. The molecular formula is C29H38N6O3S. The van der Waals surface area contributed by atoms with Crippen molar-refractivity contribution in [3.05, 3.63) is 77.1 Å². The monoisotopic (exact) mass is 550 g/mol. The first-order valence-corrected chi connectivity index (χ1v) is 15.1. The average molecular weight is 551 g/mol. The van der Waals surface area contributed by atoms with E-state index in [2.05, 4.69) is 59.9 Å². The lowest BCUT2D eigenvalue weighted by molar-refractivity contribution is -0.126. The summed E-state index contributed by atoms with van der Waals surface area (Å²) in [7, 11) is -3.82. The molecule has 2 N–H and O–H groups in total. The largest absolute Gasteiger partial charge is 0.353 e. The van der Waals surface area contributed by atoms with Gasteiger partial charge in [0.1, 0.15) is 6.04 Å². The number of sulfonamides is 1. The summed E-state index contributed by atoms with van der Waals surface area (Å²) >= 11 is 0. The van der Waals surface area contributed by atoms with E-state index in [9.17, 15) is 13.2 Å². The van der Waals surface area contributed by atoms with Crippen molar-refractivity contribution >= 4 is 15.9 Å². The van der Waals surface area contributed by atoms with E-state index in [0.29, 0.717) is 5.69 Å². The highest BCUT2D eigenvalue weighted by molar-refractivity contribution is 7.89. The van der Waals surface area contributed by atoms with E-state index in [1.165, 1.54) is 21.0 Å². The molecule has 0 saturated carbocycles. The smallest absolute Gasteiger partial charge is 0.243 e. The lowest BCUT2D eigenvalue weighted by Gasteiger charge is -2.33. The maximum Gasteiger partial charge on any atom is 0.243 e. The average Bonchev–Trinajstić information content (AvgIpc) is 3.37. The van der Waals surface area contributed by atoms with Crippen LogP contribution in [-0.4, -0.2) is 59.3 Å². The van der Waals surface area contributed by atoms with Gasteiger partial charge in [0.15, 0.2) is 0 Å². The van der Waals surface area contributed by atoms with E-state index in [-0.39, 0.29) is 41.8 Å². The molecule has 1 fully saturated rings. The minimum absolute atomic E-state index is 0.0657. The number of benzene rings is 2. The number of nitrogens with zero attached hydrogens (tertiary/aromatic N) is 4. The van der Waals surface area contributed by atoms with Crippen LogP contribution in [0.4, 0.5) is 0 Å². The number of fused-ring (bicyclic) bond motifs is 1. The molecular weight excluding hydrogens is 512 g/mol. The molecule has 1 saturated heterocycles. The lowest BCUT2D eigenvalue weighted by Crippen LogP contribution is -2.57. The Bertz CT molecular complexity index is 1410. The first-order valence-electron chi connectivity index (χ1n) is 13.7. The fourth-order valence-electron chi connectivity index (χ4n) is 5.47. The van der Waals surface area contributed by atoms with Gasteiger partial charge in [0.05, 0.1) is 16.6 Å². The molecule has 0 spiro atoms. The summed E-state index contributed by atoms with van der Waals surface area (Å²) < 4.78 is 29.9. The van der Waals surface area contributed by atoms with Gasteiger partial charge in [-0.15, -0.1) is 5.10 Å². The van der Waals surface area contributed by atoms with E-state index < -0.39 is 16.1 Å². The number of aromatic nitrogens is 3. The van der Waals surface area contributed by atoms with E-state index in [0.717, 1.165) is 32.4 Å². The van der Waals surface area contributed by atoms with Crippen molar-refractivity contribution in [1.29, 1.82) is 0 Å². The van der Waals surface area contributed by atoms with Crippen molar-refractivity contribution in [1.82, 2.24) is 29.9 Å². The number of carbonyl (C=O) groups excluding carboxylic acids is 1. The van der Waals surface area contributed by atoms with Crippen LogP contribution in [0.2, 0.25) is 0 Å². The minimum atomic E-state index is -3.82. The zero-order valence-electron chi connectivity index (χ0n) is 22.9.